The molecular weight excluding hydrogens is 311 g/mol. The van der Waals surface area contributed by atoms with Crippen LogP contribution in [0, 0.1) is 5.92 Å². The van der Waals surface area contributed by atoms with Crippen molar-refractivity contribution in [1.82, 2.24) is 0 Å². The Hall–Kier alpha value is 0.240. The summed E-state index contributed by atoms with van der Waals surface area (Å²) in [6, 6.07) is 5.78. The van der Waals surface area contributed by atoms with E-state index in [0.29, 0.717) is 22.1 Å². The molecule has 0 aliphatic carbocycles. The first kappa shape index (κ1) is 12.7. The zero-order chi connectivity index (χ0) is 11.7. The molecule has 0 amide bonds. The van der Waals surface area contributed by atoms with Crippen LogP contribution in [0.5, 0.6) is 0 Å². The van der Waals surface area contributed by atoms with Crippen LogP contribution in [0.15, 0.2) is 18.2 Å². The Morgan fingerprint density at radius 3 is 2.69 bits per heavy atom. The number of ether oxygens (including phenoxy) is 1. The summed E-state index contributed by atoms with van der Waals surface area (Å²) in [6.07, 6.45) is 1.37. The highest BCUT2D eigenvalue weighted by molar-refractivity contribution is 9.09. The SMILES string of the molecule is CC1OCCC1C(Br)c1ccc(Cl)c(Cl)c1. The fraction of sp³-hybridized carbons (Fsp3) is 0.500. The number of alkyl halides is 1. The van der Waals surface area contributed by atoms with E-state index in [4.69, 9.17) is 27.9 Å². The van der Waals surface area contributed by atoms with Gasteiger partial charge in [0.25, 0.3) is 0 Å². The molecule has 1 saturated heterocycles. The molecule has 1 nitrogen and oxygen atoms in total. The van der Waals surface area contributed by atoms with Crippen molar-refractivity contribution in [2.45, 2.75) is 24.3 Å². The van der Waals surface area contributed by atoms with Crippen LogP contribution in [0.25, 0.3) is 0 Å². The lowest BCUT2D eigenvalue weighted by atomic mass is 9.94. The quantitative estimate of drug-likeness (QED) is 0.707. The number of hydrogen-bond donors (Lipinski definition) is 0. The van der Waals surface area contributed by atoms with E-state index in [1.807, 2.05) is 18.2 Å². The molecule has 0 saturated carbocycles. The average molecular weight is 324 g/mol. The van der Waals surface area contributed by atoms with Crippen molar-refractivity contribution in [1.29, 1.82) is 0 Å². The lowest BCUT2D eigenvalue weighted by molar-refractivity contribution is 0.105. The third-order valence-electron chi connectivity index (χ3n) is 3.07. The Balaban J connectivity index is 2.20. The molecule has 0 aromatic heterocycles. The Labute approximate surface area is 114 Å². The fourth-order valence-electron chi connectivity index (χ4n) is 2.06. The number of rotatable bonds is 2. The summed E-state index contributed by atoms with van der Waals surface area (Å²) < 4.78 is 5.57. The predicted molar refractivity (Wildman–Crippen MR) is 71.7 cm³/mol. The smallest absolute Gasteiger partial charge is 0.0595 e. The standard InChI is InChI=1S/C12H13BrCl2O/c1-7-9(4-5-16-7)12(13)8-2-3-10(14)11(15)6-8/h2-3,6-7,9,12H,4-5H2,1H3. The summed E-state index contributed by atoms with van der Waals surface area (Å²) in [6.45, 7) is 2.96. The average Bonchev–Trinajstić information content (AvgIpc) is 2.67. The van der Waals surface area contributed by atoms with Crippen molar-refractivity contribution in [3.63, 3.8) is 0 Å². The van der Waals surface area contributed by atoms with Gasteiger partial charge in [-0.05, 0) is 31.0 Å². The van der Waals surface area contributed by atoms with Gasteiger partial charge in [-0.15, -0.1) is 0 Å². The first-order chi connectivity index (χ1) is 7.59. The van der Waals surface area contributed by atoms with Crippen LogP contribution in [-0.2, 0) is 4.74 Å². The summed E-state index contributed by atoms with van der Waals surface area (Å²) in [5.74, 6) is 0.497. The zero-order valence-corrected chi connectivity index (χ0v) is 12.0. The van der Waals surface area contributed by atoms with E-state index >= 15 is 0 Å². The normalized spacial score (nSPS) is 27.0. The highest BCUT2D eigenvalue weighted by Crippen LogP contribution is 2.40. The second kappa shape index (κ2) is 5.26. The minimum Gasteiger partial charge on any atom is -0.378 e. The van der Waals surface area contributed by atoms with E-state index in [-0.39, 0.29) is 4.83 Å². The zero-order valence-electron chi connectivity index (χ0n) is 8.92. The topological polar surface area (TPSA) is 9.23 Å². The lowest BCUT2D eigenvalue weighted by Crippen LogP contribution is -2.16. The number of hydrogen-bond acceptors (Lipinski definition) is 1. The van der Waals surface area contributed by atoms with Gasteiger partial charge < -0.3 is 4.74 Å². The Morgan fingerprint density at radius 1 is 1.38 bits per heavy atom. The Morgan fingerprint density at radius 2 is 2.12 bits per heavy atom. The largest absolute Gasteiger partial charge is 0.378 e. The first-order valence-electron chi connectivity index (χ1n) is 5.30. The van der Waals surface area contributed by atoms with Crippen molar-refractivity contribution in [3.05, 3.63) is 33.8 Å². The maximum absolute atomic E-state index is 6.02. The van der Waals surface area contributed by atoms with Crippen molar-refractivity contribution in [3.8, 4) is 0 Å². The van der Waals surface area contributed by atoms with Crippen molar-refractivity contribution >= 4 is 39.1 Å². The van der Waals surface area contributed by atoms with E-state index in [2.05, 4.69) is 22.9 Å². The predicted octanol–water partition coefficient (Wildman–Crippen LogP) is 4.85. The van der Waals surface area contributed by atoms with Gasteiger partial charge in [-0.25, -0.2) is 0 Å². The van der Waals surface area contributed by atoms with E-state index < -0.39 is 0 Å². The Bertz CT molecular complexity index is 383. The minimum atomic E-state index is 0.278. The second-order valence-corrected chi connectivity index (χ2v) is 5.90. The van der Waals surface area contributed by atoms with Crippen molar-refractivity contribution in [2.75, 3.05) is 6.61 Å². The molecule has 1 fully saturated rings. The van der Waals surface area contributed by atoms with Crippen molar-refractivity contribution < 1.29 is 4.74 Å². The van der Waals surface area contributed by atoms with Crippen LogP contribution in [0.3, 0.4) is 0 Å². The minimum absolute atomic E-state index is 0.278. The van der Waals surface area contributed by atoms with Gasteiger partial charge in [0, 0.05) is 17.4 Å². The van der Waals surface area contributed by atoms with Gasteiger partial charge in [-0.1, -0.05) is 45.2 Å². The molecule has 88 valence electrons. The van der Waals surface area contributed by atoms with Crippen LogP contribution in [0.1, 0.15) is 23.7 Å². The molecule has 16 heavy (non-hydrogen) atoms. The molecule has 1 aromatic carbocycles. The third kappa shape index (κ3) is 2.56. The van der Waals surface area contributed by atoms with Crippen LogP contribution in [-0.4, -0.2) is 12.7 Å². The number of halogens is 3. The van der Waals surface area contributed by atoms with Gasteiger partial charge in [0.2, 0.25) is 0 Å². The van der Waals surface area contributed by atoms with Gasteiger partial charge in [0.15, 0.2) is 0 Å². The Kier molecular flexibility index (Phi) is 4.17. The highest BCUT2D eigenvalue weighted by atomic mass is 79.9. The fourth-order valence-corrected chi connectivity index (χ4v) is 3.35. The van der Waals surface area contributed by atoms with Gasteiger partial charge in [-0.3, -0.25) is 0 Å². The van der Waals surface area contributed by atoms with E-state index in [9.17, 15) is 0 Å². The van der Waals surface area contributed by atoms with Gasteiger partial charge in [0.1, 0.15) is 0 Å². The third-order valence-corrected chi connectivity index (χ3v) is 5.02. The molecule has 3 atom stereocenters. The van der Waals surface area contributed by atoms with E-state index in [1.54, 1.807) is 0 Å². The first-order valence-corrected chi connectivity index (χ1v) is 6.97. The van der Waals surface area contributed by atoms with E-state index in [1.165, 1.54) is 0 Å². The van der Waals surface area contributed by atoms with Crippen LogP contribution < -0.4 is 0 Å². The lowest BCUT2D eigenvalue weighted by Gasteiger charge is -2.21. The molecule has 1 heterocycles. The molecule has 2 rings (SSSR count). The van der Waals surface area contributed by atoms with Crippen molar-refractivity contribution in [2.24, 2.45) is 5.92 Å². The molecule has 1 aliphatic heterocycles. The second-order valence-electron chi connectivity index (χ2n) is 4.10. The van der Waals surface area contributed by atoms with E-state index in [0.717, 1.165) is 18.6 Å². The molecule has 3 unspecified atom stereocenters. The van der Waals surface area contributed by atoms with Crippen LogP contribution in [0.4, 0.5) is 0 Å². The van der Waals surface area contributed by atoms with Gasteiger partial charge in [0.05, 0.1) is 16.1 Å². The van der Waals surface area contributed by atoms with Gasteiger partial charge >= 0.3 is 0 Å². The molecule has 0 bridgehead atoms. The summed E-state index contributed by atoms with van der Waals surface area (Å²) in [5.41, 5.74) is 1.16. The monoisotopic (exact) mass is 322 g/mol. The summed E-state index contributed by atoms with van der Waals surface area (Å²) in [4.78, 5) is 0.278. The number of benzene rings is 1. The van der Waals surface area contributed by atoms with Crippen LogP contribution >= 0.6 is 39.1 Å². The van der Waals surface area contributed by atoms with Gasteiger partial charge in [-0.2, -0.15) is 0 Å². The molecule has 4 heteroatoms. The molecular formula is C12H13BrCl2O. The molecule has 0 N–H and O–H groups in total. The molecule has 0 spiro atoms. The molecule has 0 radical (unpaired) electrons. The summed E-state index contributed by atoms with van der Waals surface area (Å²) in [5, 5.41) is 1.20. The maximum Gasteiger partial charge on any atom is 0.0595 e. The van der Waals surface area contributed by atoms with Crippen LogP contribution in [0.2, 0.25) is 10.0 Å². The molecule has 1 aromatic rings. The molecule has 1 aliphatic rings. The maximum atomic E-state index is 6.02. The highest BCUT2D eigenvalue weighted by Gasteiger charge is 2.31. The summed E-state index contributed by atoms with van der Waals surface area (Å²) in [7, 11) is 0. The summed E-state index contributed by atoms with van der Waals surface area (Å²) >= 11 is 15.6.